The number of amides is 1. The lowest BCUT2D eigenvalue weighted by Gasteiger charge is -2.04. The summed E-state index contributed by atoms with van der Waals surface area (Å²) in [5.41, 5.74) is 0.828. The molecule has 25 heavy (non-hydrogen) atoms. The smallest absolute Gasteiger partial charge is 0.291 e. The van der Waals surface area contributed by atoms with Gasteiger partial charge in [0, 0.05) is 10.0 Å². The molecule has 3 rings (SSSR count). The Kier molecular flexibility index (Phi) is 5.11. The van der Waals surface area contributed by atoms with Gasteiger partial charge in [0.05, 0.1) is 5.69 Å². The van der Waals surface area contributed by atoms with E-state index in [-0.39, 0.29) is 15.4 Å². The van der Waals surface area contributed by atoms with Crippen molar-refractivity contribution in [1.29, 1.82) is 0 Å². The van der Waals surface area contributed by atoms with Gasteiger partial charge in [-0.3, -0.25) is 14.8 Å². The third-order valence-electron chi connectivity index (χ3n) is 2.97. The molecule has 10 heteroatoms. The van der Waals surface area contributed by atoms with Crippen LogP contribution in [0.1, 0.15) is 10.4 Å². The molecule has 0 saturated heterocycles. The number of halogens is 1. The van der Waals surface area contributed by atoms with E-state index in [1.54, 1.807) is 54.6 Å². The monoisotopic (exact) mass is 438 g/mol. The van der Waals surface area contributed by atoms with E-state index in [9.17, 15) is 13.2 Å². The average molecular weight is 439 g/mol. The Bertz CT molecular complexity index is 1010. The summed E-state index contributed by atoms with van der Waals surface area (Å²) in [5.74, 6) is -0.388. The summed E-state index contributed by atoms with van der Waals surface area (Å²) < 4.78 is 27.6. The van der Waals surface area contributed by atoms with Crippen molar-refractivity contribution in [3.8, 4) is 0 Å². The minimum Gasteiger partial charge on any atom is -0.296 e. The normalized spacial score (nSPS) is 11.1. The van der Waals surface area contributed by atoms with Gasteiger partial charge >= 0.3 is 0 Å². The van der Waals surface area contributed by atoms with Gasteiger partial charge in [0.2, 0.25) is 5.13 Å². The van der Waals surface area contributed by atoms with Gasteiger partial charge < -0.3 is 0 Å². The van der Waals surface area contributed by atoms with Crippen molar-refractivity contribution in [2.75, 3.05) is 10.0 Å². The number of rotatable bonds is 5. The van der Waals surface area contributed by atoms with E-state index in [2.05, 4.69) is 36.2 Å². The van der Waals surface area contributed by atoms with Gasteiger partial charge in [-0.25, -0.2) is 0 Å². The predicted octanol–water partition coefficient (Wildman–Crippen LogP) is 3.35. The van der Waals surface area contributed by atoms with Gasteiger partial charge in [-0.15, -0.1) is 10.2 Å². The van der Waals surface area contributed by atoms with Gasteiger partial charge in [0.1, 0.15) is 0 Å². The number of benzene rings is 2. The van der Waals surface area contributed by atoms with E-state index in [0.717, 1.165) is 15.8 Å². The fourth-order valence-corrected chi connectivity index (χ4v) is 4.22. The first kappa shape index (κ1) is 17.5. The molecule has 128 valence electrons. The van der Waals surface area contributed by atoms with Crippen LogP contribution in [0.25, 0.3) is 0 Å². The zero-order chi connectivity index (χ0) is 17.9. The first-order chi connectivity index (χ1) is 11.9. The van der Waals surface area contributed by atoms with Gasteiger partial charge in [-0.1, -0.05) is 51.5 Å². The molecular weight excluding hydrogens is 428 g/mol. The van der Waals surface area contributed by atoms with E-state index in [1.807, 2.05) is 0 Å². The second kappa shape index (κ2) is 7.30. The standard InChI is InChI=1S/C15H11BrN4O3S2/c16-11-7-4-8-12(9-11)20-25(22,23)15-19-18-14(24-15)17-13(21)10-5-2-1-3-6-10/h1-9,20H,(H,17,18,21). The second-order valence-electron chi connectivity index (χ2n) is 4.81. The summed E-state index contributed by atoms with van der Waals surface area (Å²) in [4.78, 5) is 12.1. The Balaban J connectivity index is 1.75. The van der Waals surface area contributed by atoms with Crippen LogP contribution in [0.5, 0.6) is 0 Å². The SMILES string of the molecule is O=C(Nc1nnc(S(=O)(=O)Nc2cccc(Br)c2)s1)c1ccccc1. The number of carbonyl (C=O) groups excluding carboxylic acids is 1. The molecule has 0 unspecified atom stereocenters. The summed E-state index contributed by atoms with van der Waals surface area (Å²) in [5, 5.41) is 9.99. The molecule has 7 nitrogen and oxygen atoms in total. The number of nitrogens with zero attached hydrogens (tertiary/aromatic N) is 2. The van der Waals surface area contributed by atoms with Crippen molar-refractivity contribution in [2.24, 2.45) is 0 Å². The molecule has 0 aliphatic heterocycles. The lowest BCUT2D eigenvalue weighted by molar-refractivity contribution is 0.102. The summed E-state index contributed by atoms with van der Waals surface area (Å²) in [6.07, 6.45) is 0. The Labute approximate surface area is 156 Å². The molecule has 0 spiro atoms. The zero-order valence-corrected chi connectivity index (χ0v) is 15.7. The van der Waals surface area contributed by atoms with Crippen LogP contribution in [0.4, 0.5) is 10.8 Å². The van der Waals surface area contributed by atoms with Crippen molar-refractivity contribution in [2.45, 2.75) is 4.34 Å². The molecule has 3 aromatic rings. The third-order valence-corrected chi connectivity index (χ3v) is 6.05. The highest BCUT2D eigenvalue weighted by atomic mass is 79.9. The van der Waals surface area contributed by atoms with Crippen LogP contribution in [-0.4, -0.2) is 24.5 Å². The number of anilines is 2. The minimum absolute atomic E-state index is 0.100. The average Bonchev–Trinajstić information content (AvgIpc) is 3.05. The Hall–Kier alpha value is -2.30. The molecule has 0 aliphatic carbocycles. The molecule has 2 aromatic carbocycles. The highest BCUT2D eigenvalue weighted by molar-refractivity contribution is 9.10. The van der Waals surface area contributed by atoms with Crippen molar-refractivity contribution in [1.82, 2.24) is 10.2 Å². The number of aromatic nitrogens is 2. The van der Waals surface area contributed by atoms with Gasteiger partial charge in [0.15, 0.2) is 0 Å². The summed E-state index contributed by atoms with van der Waals surface area (Å²) in [6, 6.07) is 15.2. The molecule has 2 N–H and O–H groups in total. The van der Waals surface area contributed by atoms with Gasteiger partial charge in [-0.05, 0) is 30.3 Å². The first-order valence-electron chi connectivity index (χ1n) is 6.92. The number of sulfonamides is 1. The molecule has 0 fully saturated rings. The van der Waals surface area contributed by atoms with Crippen molar-refractivity contribution in [3.05, 3.63) is 64.6 Å². The maximum Gasteiger partial charge on any atom is 0.291 e. The van der Waals surface area contributed by atoms with Crippen LogP contribution in [-0.2, 0) is 10.0 Å². The lowest BCUT2D eigenvalue weighted by atomic mass is 10.2. The number of hydrogen-bond acceptors (Lipinski definition) is 6. The summed E-state index contributed by atoms with van der Waals surface area (Å²) in [6.45, 7) is 0. The quantitative estimate of drug-likeness (QED) is 0.594. The van der Waals surface area contributed by atoms with Gasteiger partial charge in [0.25, 0.3) is 20.3 Å². The summed E-state index contributed by atoms with van der Waals surface area (Å²) in [7, 11) is -3.89. The Morgan fingerprint density at radius 1 is 1.04 bits per heavy atom. The maximum atomic E-state index is 12.4. The van der Waals surface area contributed by atoms with E-state index in [0.29, 0.717) is 11.3 Å². The molecular formula is C15H11BrN4O3S2. The molecule has 0 atom stereocenters. The molecule has 0 radical (unpaired) electrons. The Morgan fingerprint density at radius 2 is 1.80 bits per heavy atom. The topological polar surface area (TPSA) is 101 Å². The van der Waals surface area contributed by atoms with Gasteiger partial charge in [-0.2, -0.15) is 8.42 Å². The molecule has 1 heterocycles. The minimum atomic E-state index is -3.89. The van der Waals surface area contributed by atoms with Crippen LogP contribution >= 0.6 is 27.3 Å². The molecule has 1 amide bonds. The largest absolute Gasteiger partial charge is 0.296 e. The zero-order valence-electron chi connectivity index (χ0n) is 12.5. The lowest BCUT2D eigenvalue weighted by Crippen LogP contribution is -2.12. The van der Waals surface area contributed by atoms with Crippen molar-refractivity contribution < 1.29 is 13.2 Å². The fourth-order valence-electron chi connectivity index (χ4n) is 1.88. The highest BCUT2D eigenvalue weighted by Crippen LogP contribution is 2.24. The van der Waals surface area contributed by atoms with E-state index in [4.69, 9.17) is 0 Å². The number of hydrogen-bond donors (Lipinski definition) is 2. The Morgan fingerprint density at radius 3 is 2.52 bits per heavy atom. The molecule has 0 aliphatic rings. The van der Waals surface area contributed by atoms with Crippen molar-refractivity contribution >= 4 is 54.0 Å². The van der Waals surface area contributed by atoms with E-state index >= 15 is 0 Å². The highest BCUT2D eigenvalue weighted by Gasteiger charge is 2.21. The fraction of sp³-hybridized carbons (Fsp3) is 0. The number of carbonyl (C=O) groups is 1. The van der Waals surface area contributed by atoms with Crippen LogP contribution < -0.4 is 10.0 Å². The van der Waals surface area contributed by atoms with E-state index in [1.165, 1.54) is 0 Å². The third kappa shape index (κ3) is 4.41. The molecule has 0 bridgehead atoms. The van der Waals surface area contributed by atoms with Crippen LogP contribution in [0.2, 0.25) is 0 Å². The second-order valence-corrected chi connectivity index (χ2v) is 8.56. The maximum absolute atomic E-state index is 12.4. The van der Waals surface area contributed by atoms with Crippen LogP contribution in [0, 0.1) is 0 Å². The van der Waals surface area contributed by atoms with Crippen LogP contribution in [0.3, 0.4) is 0 Å². The number of nitrogens with one attached hydrogen (secondary N) is 2. The first-order valence-corrected chi connectivity index (χ1v) is 10.0. The van der Waals surface area contributed by atoms with Crippen molar-refractivity contribution in [3.63, 3.8) is 0 Å². The molecule has 1 aromatic heterocycles. The molecule has 0 saturated carbocycles. The van der Waals surface area contributed by atoms with Crippen LogP contribution in [0.15, 0.2) is 63.4 Å². The predicted molar refractivity (Wildman–Crippen MR) is 99.3 cm³/mol. The van der Waals surface area contributed by atoms with E-state index < -0.39 is 10.0 Å². The summed E-state index contributed by atoms with van der Waals surface area (Å²) >= 11 is 4.04.